The van der Waals surface area contributed by atoms with Gasteiger partial charge in [0, 0.05) is 0 Å². The summed E-state index contributed by atoms with van der Waals surface area (Å²) in [6.45, 7) is -1.75. The number of hydrogen-bond acceptors (Lipinski definition) is 3. The van der Waals surface area contributed by atoms with E-state index in [9.17, 15) is 21.6 Å². The van der Waals surface area contributed by atoms with Crippen LogP contribution in [-0.2, 0) is 21.7 Å². The Balaban J connectivity index is 2.34. The first-order valence-electron chi connectivity index (χ1n) is 4.77. The van der Waals surface area contributed by atoms with Crippen LogP contribution in [0.4, 0.5) is 13.2 Å². The molecular formula is C9H11F3N2O3S. The van der Waals surface area contributed by atoms with Gasteiger partial charge in [-0.15, -0.1) is 0 Å². The van der Waals surface area contributed by atoms with Gasteiger partial charge in [0.15, 0.2) is 0 Å². The molecule has 1 aromatic carbocycles. The van der Waals surface area contributed by atoms with E-state index in [-0.39, 0.29) is 6.61 Å². The van der Waals surface area contributed by atoms with E-state index < -0.39 is 22.9 Å². The van der Waals surface area contributed by atoms with Gasteiger partial charge in [0.25, 0.3) is 10.2 Å². The van der Waals surface area contributed by atoms with E-state index in [1.54, 1.807) is 35.2 Å². The zero-order valence-electron chi connectivity index (χ0n) is 9.07. The molecule has 0 fully saturated rings. The zero-order chi connectivity index (χ0) is 13.6. The molecule has 2 N–H and O–H groups in total. The third-order valence-corrected chi connectivity index (χ3v) is 2.57. The number of rotatable bonds is 6. The summed E-state index contributed by atoms with van der Waals surface area (Å²) < 4.78 is 58.7. The lowest BCUT2D eigenvalue weighted by molar-refractivity contribution is -0.121. The molecule has 18 heavy (non-hydrogen) atoms. The van der Waals surface area contributed by atoms with Gasteiger partial charge in [-0.05, 0) is 5.56 Å². The molecule has 0 spiro atoms. The van der Waals surface area contributed by atoms with Gasteiger partial charge in [-0.1, -0.05) is 35.2 Å². The van der Waals surface area contributed by atoms with Crippen LogP contribution in [0.3, 0.4) is 0 Å². The Morgan fingerprint density at radius 3 is 2.33 bits per heavy atom. The molecule has 1 aromatic rings. The quantitative estimate of drug-likeness (QED) is 0.769. The van der Waals surface area contributed by atoms with Crippen LogP contribution in [0.1, 0.15) is 5.56 Å². The predicted molar refractivity (Wildman–Crippen MR) is 57.3 cm³/mol. The van der Waals surface area contributed by atoms with Gasteiger partial charge >= 0.3 is 6.18 Å². The molecule has 0 radical (unpaired) electrons. The molecule has 0 bridgehead atoms. The van der Waals surface area contributed by atoms with Crippen LogP contribution in [0, 0.1) is 0 Å². The highest BCUT2D eigenvalue weighted by atomic mass is 32.2. The van der Waals surface area contributed by atoms with Crippen LogP contribution in [0.2, 0.25) is 0 Å². The minimum absolute atomic E-state index is 0.0895. The number of hydrogen-bond donors (Lipinski definition) is 2. The van der Waals surface area contributed by atoms with Crippen molar-refractivity contribution in [2.75, 3.05) is 6.54 Å². The summed E-state index contributed by atoms with van der Waals surface area (Å²) in [5, 5.41) is 0. The molecule has 0 saturated heterocycles. The van der Waals surface area contributed by atoms with E-state index in [4.69, 9.17) is 0 Å². The van der Waals surface area contributed by atoms with Crippen molar-refractivity contribution in [2.24, 2.45) is 0 Å². The molecule has 5 nitrogen and oxygen atoms in total. The molecule has 0 unspecified atom stereocenters. The lowest BCUT2D eigenvalue weighted by Crippen LogP contribution is -2.41. The minimum atomic E-state index is -4.62. The van der Waals surface area contributed by atoms with Gasteiger partial charge in [0.05, 0.1) is 6.61 Å². The molecule has 102 valence electrons. The highest BCUT2D eigenvalue weighted by molar-refractivity contribution is 7.87. The van der Waals surface area contributed by atoms with Gasteiger partial charge < -0.3 is 0 Å². The largest absolute Gasteiger partial charge is 0.402 e. The van der Waals surface area contributed by atoms with E-state index in [2.05, 4.69) is 4.84 Å². The first-order valence-corrected chi connectivity index (χ1v) is 6.26. The van der Waals surface area contributed by atoms with Gasteiger partial charge in [0.1, 0.15) is 6.54 Å². The third kappa shape index (κ3) is 6.55. The van der Waals surface area contributed by atoms with Crippen molar-refractivity contribution >= 4 is 10.2 Å². The lowest BCUT2D eigenvalue weighted by atomic mass is 10.2. The van der Waals surface area contributed by atoms with Crippen molar-refractivity contribution in [3.05, 3.63) is 35.9 Å². The summed E-state index contributed by atoms with van der Waals surface area (Å²) in [4.78, 5) is 6.12. The first-order chi connectivity index (χ1) is 8.29. The summed E-state index contributed by atoms with van der Waals surface area (Å²) in [7, 11) is -4.33. The second-order valence-electron chi connectivity index (χ2n) is 3.30. The van der Waals surface area contributed by atoms with Crippen molar-refractivity contribution in [1.82, 2.24) is 9.61 Å². The molecule has 0 aliphatic rings. The Bertz CT molecular complexity index is 462. The molecular weight excluding hydrogens is 273 g/mol. The van der Waals surface area contributed by atoms with E-state index in [0.29, 0.717) is 5.56 Å². The normalized spacial score (nSPS) is 12.6. The van der Waals surface area contributed by atoms with Gasteiger partial charge in [0.2, 0.25) is 0 Å². The Hall–Kier alpha value is -1.16. The molecule has 0 amide bonds. The maximum atomic E-state index is 11.8. The molecule has 0 aliphatic carbocycles. The average molecular weight is 284 g/mol. The Morgan fingerprint density at radius 1 is 1.17 bits per heavy atom. The SMILES string of the molecule is O=S(=O)(NCC(F)(F)F)NOCc1ccccc1. The number of nitrogens with one attached hydrogen (secondary N) is 2. The van der Waals surface area contributed by atoms with Crippen molar-refractivity contribution < 1.29 is 26.4 Å². The fraction of sp³-hybridized carbons (Fsp3) is 0.333. The van der Waals surface area contributed by atoms with Crippen LogP contribution < -0.4 is 9.61 Å². The standard InChI is InChI=1S/C9H11F3N2O3S/c10-9(11,12)7-13-18(15,16)14-17-6-8-4-2-1-3-5-8/h1-5,13-14H,6-7H2. The van der Waals surface area contributed by atoms with E-state index in [1.165, 1.54) is 4.72 Å². The number of halogens is 3. The maximum absolute atomic E-state index is 11.8. The fourth-order valence-corrected chi connectivity index (χ4v) is 1.60. The lowest BCUT2D eigenvalue weighted by Gasteiger charge is -2.10. The second kappa shape index (κ2) is 6.14. The van der Waals surface area contributed by atoms with Gasteiger partial charge in [-0.2, -0.15) is 26.3 Å². The molecule has 0 aliphatic heterocycles. The summed E-state index contributed by atoms with van der Waals surface area (Å²) in [6, 6.07) is 8.55. The van der Waals surface area contributed by atoms with E-state index in [0.717, 1.165) is 0 Å². The maximum Gasteiger partial charge on any atom is 0.402 e. The topological polar surface area (TPSA) is 67.4 Å². The van der Waals surface area contributed by atoms with Gasteiger partial charge in [-0.25, -0.2) is 0 Å². The Labute approximate surface area is 102 Å². The molecule has 0 saturated carbocycles. The number of benzene rings is 1. The molecule has 9 heteroatoms. The van der Waals surface area contributed by atoms with E-state index >= 15 is 0 Å². The first kappa shape index (κ1) is 14.9. The predicted octanol–water partition coefficient (Wildman–Crippen LogP) is 1.10. The summed E-state index contributed by atoms with van der Waals surface area (Å²) in [5.41, 5.74) is 0.677. The summed E-state index contributed by atoms with van der Waals surface area (Å²) in [6.07, 6.45) is -4.62. The molecule has 0 aromatic heterocycles. The Kier molecular flexibility index (Phi) is 5.08. The minimum Gasteiger partial charge on any atom is -0.281 e. The smallest absolute Gasteiger partial charge is 0.281 e. The second-order valence-corrected chi connectivity index (χ2v) is 4.76. The Morgan fingerprint density at radius 2 is 1.78 bits per heavy atom. The third-order valence-electron chi connectivity index (χ3n) is 1.71. The van der Waals surface area contributed by atoms with Crippen LogP contribution in [0.5, 0.6) is 0 Å². The van der Waals surface area contributed by atoms with Crippen molar-refractivity contribution in [1.29, 1.82) is 0 Å². The fourth-order valence-electron chi connectivity index (χ4n) is 0.971. The van der Waals surface area contributed by atoms with Gasteiger partial charge in [-0.3, -0.25) is 4.84 Å². The highest BCUT2D eigenvalue weighted by Gasteiger charge is 2.29. The average Bonchev–Trinajstić information content (AvgIpc) is 2.27. The van der Waals surface area contributed by atoms with E-state index in [1.807, 2.05) is 0 Å². The van der Waals surface area contributed by atoms with Crippen LogP contribution in [-0.4, -0.2) is 21.1 Å². The van der Waals surface area contributed by atoms with Crippen LogP contribution in [0.25, 0.3) is 0 Å². The highest BCUT2D eigenvalue weighted by Crippen LogP contribution is 2.12. The molecule has 0 heterocycles. The van der Waals surface area contributed by atoms with Crippen LogP contribution >= 0.6 is 0 Å². The zero-order valence-corrected chi connectivity index (χ0v) is 9.88. The summed E-state index contributed by atoms with van der Waals surface area (Å²) in [5.74, 6) is 0. The van der Waals surface area contributed by atoms with Crippen molar-refractivity contribution in [2.45, 2.75) is 12.8 Å². The monoisotopic (exact) mass is 284 g/mol. The molecule has 1 rings (SSSR count). The summed E-state index contributed by atoms with van der Waals surface area (Å²) >= 11 is 0. The van der Waals surface area contributed by atoms with Crippen LogP contribution in [0.15, 0.2) is 30.3 Å². The number of alkyl halides is 3. The van der Waals surface area contributed by atoms with Crippen molar-refractivity contribution in [3.8, 4) is 0 Å². The van der Waals surface area contributed by atoms with Crippen molar-refractivity contribution in [3.63, 3.8) is 0 Å². The molecule has 0 atom stereocenters.